The maximum Gasteiger partial charge on any atom is 0.0991 e. The summed E-state index contributed by atoms with van der Waals surface area (Å²) in [7, 11) is 2.20. The number of ether oxygens (including phenoxy) is 1. The molecule has 2 heterocycles. The van der Waals surface area contributed by atoms with Crippen molar-refractivity contribution in [3.63, 3.8) is 0 Å². The van der Waals surface area contributed by atoms with Crippen molar-refractivity contribution in [1.82, 2.24) is 4.90 Å². The normalized spacial score (nSPS) is 28.9. The van der Waals surface area contributed by atoms with E-state index in [0.29, 0.717) is 6.04 Å². The van der Waals surface area contributed by atoms with E-state index in [4.69, 9.17) is 10.00 Å². The molecule has 2 unspecified atom stereocenters. The third kappa shape index (κ3) is 3.42. The maximum atomic E-state index is 9.00. The highest BCUT2D eigenvalue weighted by atomic mass is 32.2. The molecule has 2 aliphatic heterocycles. The number of hydrogen-bond donors (Lipinski definition) is 0. The van der Waals surface area contributed by atoms with Crippen LogP contribution in [0.1, 0.15) is 30.4 Å². The van der Waals surface area contributed by atoms with Crippen molar-refractivity contribution in [3.8, 4) is 6.07 Å². The van der Waals surface area contributed by atoms with Gasteiger partial charge in [0.05, 0.1) is 17.2 Å². The molecule has 2 aliphatic rings. The number of nitriles is 1. The van der Waals surface area contributed by atoms with E-state index in [1.165, 1.54) is 17.7 Å². The first kappa shape index (κ1) is 14.9. The molecule has 0 aromatic heterocycles. The van der Waals surface area contributed by atoms with Crippen LogP contribution in [-0.2, 0) is 11.3 Å². The zero-order valence-corrected chi connectivity index (χ0v) is 13.4. The van der Waals surface area contributed by atoms with Gasteiger partial charge in [0, 0.05) is 24.9 Å². The summed E-state index contributed by atoms with van der Waals surface area (Å²) in [6, 6.07) is 10.7. The first-order valence-electron chi connectivity index (χ1n) is 7.62. The molecular weight excluding hydrogens is 280 g/mol. The summed E-state index contributed by atoms with van der Waals surface area (Å²) in [5, 5.41) is 9.00. The monoisotopic (exact) mass is 302 g/mol. The number of rotatable bonds is 3. The van der Waals surface area contributed by atoms with E-state index in [9.17, 15) is 0 Å². The second-order valence-electron chi connectivity index (χ2n) is 6.21. The number of hydrogen-bond acceptors (Lipinski definition) is 4. The van der Waals surface area contributed by atoms with Crippen molar-refractivity contribution in [3.05, 3.63) is 35.4 Å². The third-order valence-corrected chi connectivity index (χ3v) is 5.87. The van der Waals surface area contributed by atoms with Crippen LogP contribution in [0.2, 0.25) is 0 Å². The third-order valence-electron chi connectivity index (χ3n) is 4.65. The molecule has 0 N–H and O–H groups in total. The van der Waals surface area contributed by atoms with Crippen molar-refractivity contribution >= 4 is 11.8 Å². The van der Waals surface area contributed by atoms with Gasteiger partial charge in [0.15, 0.2) is 0 Å². The molecule has 3 rings (SSSR count). The van der Waals surface area contributed by atoms with Crippen molar-refractivity contribution in [2.75, 3.05) is 25.2 Å². The Morgan fingerprint density at radius 2 is 2.43 bits per heavy atom. The van der Waals surface area contributed by atoms with E-state index in [0.717, 1.165) is 37.3 Å². The van der Waals surface area contributed by atoms with E-state index < -0.39 is 0 Å². The van der Waals surface area contributed by atoms with Crippen LogP contribution in [0.25, 0.3) is 0 Å². The van der Waals surface area contributed by atoms with Crippen molar-refractivity contribution < 1.29 is 4.74 Å². The molecule has 1 aromatic rings. The second-order valence-corrected chi connectivity index (χ2v) is 7.31. The minimum Gasteiger partial charge on any atom is -0.374 e. The van der Waals surface area contributed by atoms with Gasteiger partial charge in [-0.2, -0.15) is 17.0 Å². The highest BCUT2D eigenvalue weighted by molar-refractivity contribution is 7.99. The highest BCUT2D eigenvalue weighted by Crippen LogP contribution is 2.39. The molecule has 21 heavy (non-hydrogen) atoms. The number of nitrogens with zero attached hydrogens (tertiary/aromatic N) is 2. The molecule has 0 bridgehead atoms. The predicted molar refractivity (Wildman–Crippen MR) is 86.3 cm³/mol. The van der Waals surface area contributed by atoms with Crippen LogP contribution in [0.15, 0.2) is 24.3 Å². The first-order chi connectivity index (χ1) is 10.2. The SMILES string of the molecule is CN(Cc1cccc(C#N)c1)C1CCOC2(CCSC2)C1. The van der Waals surface area contributed by atoms with Crippen LogP contribution < -0.4 is 0 Å². The smallest absolute Gasteiger partial charge is 0.0991 e. The molecular formula is C17H22N2OS. The summed E-state index contributed by atoms with van der Waals surface area (Å²) >= 11 is 2.02. The Kier molecular flexibility index (Phi) is 4.54. The lowest BCUT2D eigenvalue weighted by Gasteiger charge is -2.41. The molecule has 2 saturated heterocycles. The topological polar surface area (TPSA) is 36.3 Å². The second kappa shape index (κ2) is 6.39. The van der Waals surface area contributed by atoms with Crippen molar-refractivity contribution in [1.29, 1.82) is 5.26 Å². The predicted octanol–water partition coefficient (Wildman–Crippen LogP) is 3.04. The molecule has 0 saturated carbocycles. The molecule has 0 radical (unpaired) electrons. The lowest BCUT2D eigenvalue weighted by atomic mass is 9.89. The molecule has 2 fully saturated rings. The molecule has 2 atom stereocenters. The van der Waals surface area contributed by atoms with Gasteiger partial charge in [-0.15, -0.1) is 0 Å². The van der Waals surface area contributed by atoms with Crippen LogP contribution in [-0.4, -0.2) is 41.7 Å². The maximum absolute atomic E-state index is 9.00. The van der Waals surface area contributed by atoms with Crippen molar-refractivity contribution in [2.45, 2.75) is 37.5 Å². The van der Waals surface area contributed by atoms with E-state index in [1.807, 2.05) is 30.0 Å². The fourth-order valence-electron chi connectivity index (χ4n) is 3.40. The summed E-state index contributed by atoms with van der Waals surface area (Å²) in [5.74, 6) is 2.39. The van der Waals surface area contributed by atoms with Crippen LogP contribution in [0.3, 0.4) is 0 Å². The average molecular weight is 302 g/mol. The zero-order chi connectivity index (χ0) is 14.7. The summed E-state index contributed by atoms with van der Waals surface area (Å²) in [6.07, 6.45) is 3.46. The van der Waals surface area contributed by atoms with Gasteiger partial charge in [-0.1, -0.05) is 12.1 Å². The average Bonchev–Trinajstić information content (AvgIpc) is 2.95. The first-order valence-corrected chi connectivity index (χ1v) is 8.77. The minimum atomic E-state index is 0.135. The fraction of sp³-hybridized carbons (Fsp3) is 0.588. The molecule has 0 amide bonds. The fourth-order valence-corrected chi connectivity index (χ4v) is 4.78. The van der Waals surface area contributed by atoms with Gasteiger partial charge in [-0.25, -0.2) is 0 Å². The molecule has 1 aromatic carbocycles. The van der Waals surface area contributed by atoms with Crippen molar-refractivity contribution in [2.24, 2.45) is 0 Å². The van der Waals surface area contributed by atoms with Gasteiger partial charge >= 0.3 is 0 Å². The van der Waals surface area contributed by atoms with E-state index in [1.54, 1.807) is 0 Å². The zero-order valence-electron chi connectivity index (χ0n) is 12.5. The Hall–Kier alpha value is -1.02. The van der Waals surface area contributed by atoms with Gasteiger partial charge < -0.3 is 4.74 Å². The van der Waals surface area contributed by atoms with Gasteiger partial charge in [0.1, 0.15) is 0 Å². The standard InChI is InChI=1S/C17H22N2OS/c1-19(12-15-4-2-3-14(9-15)11-18)16-5-7-20-17(10-16)6-8-21-13-17/h2-4,9,16H,5-8,10,12-13H2,1H3. The Morgan fingerprint density at radius 3 is 3.19 bits per heavy atom. The summed E-state index contributed by atoms with van der Waals surface area (Å²) < 4.78 is 6.10. The summed E-state index contributed by atoms with van der Waals surface area (Å²) in [6.45, 7) is 1.79. The Bertz CT molecular complexity index is 534. The van der Waals surface area contributed by atoms with Gasteiger partial charge in [0.25, 0.3) is 0 Å². The van der Waals surface area contributed by atoms with E-state index in [-0.39, 0.29) is 5.60 Å². The van der Waals surface area contributed by atoms with Crippen LogP contribution >= 0.6 is 11.8 Å². The lowest BCUT2D eigenvalue weighted by molar-refractivity contribution is -0.0874. The quantitative estimate of drug-likeness (QED) is 0.860. The molecule has 0 aliphatic carbocycles. The largest absolute Gasteiger partial charge is 0.374 e. The minimum absolute atomic E-state index is 0.135. The highest BCUT2D eigenvalue weighted by Gasteiger charge is 2.41. The molecule has 1 spiro atoms. The van der Waals surface area contributed by atoms with Gasteiger partial charge in [-0.05, 0) is 49.8 Å². The Labute approximate surface area is 131 Å². The molecule has 4 heteroatoms. The van der Waals surface area contributed by atoms with Crippen LogP contribution in [0, 0.1) is 11.3 Å². The molecule has 3 nitrogen and oxygen atoms in total. The Balaban J connectivity index is 1.64. The summed E-state index contributed by atoms with van der Waals surface area (Å²) in [5.41, 5.74) is 2.10. The molecule has 112 valence electrons. The van der Waals surface area contributed by atoms with Gasteiger partial charge in [-0.3, -0.25) is 4.90 Å². The van der Waals surface area contributed by atoms with E-state index >= 15 is 0 Å². The number of thioether (sulfide) groups is 1. The van der Waals surface area contributed by atoms with Crippen LogP contribution in [0.4, 0.5) is 0 Å². The number of benzene rings is 1. The summed E-state index contributed by atoms with van der Waals surface area (Å²) in [4.78, 5) is 2.43. The van der Waals surface area contributed by atoms with E-state index in [2.05, 4.69) is 24.1 Å². The van der Waals surface area contributed by atoms with Crippen LogP contribution in [0.5, 0.6) is 0 Å². The lowest BCUT2D eigenvalue weighted by Crippen LogP contribution is -2.47. The Morgan fingerprint density at radius 1 is 1.52 bits per heavy atom. The van der Waals surface area contributed by atoms with Gasteiger partial charge in [0.2, 0.25) is 0 Å².